The van der Waals surface area contributed by atoms with Gasteiger partial charge in [-0.2, -0.15) is 5.26 Å². The lowest BCUT2D eigenvalue weighted by Crippen LogP contribution is -2.23. The van der Waals surface area contributed by atoms with Crippen molar-refractivity contribution in [2.45, 2.75) is 26.2 Å². The number of hydrogen-bond acceptors (Lipinski definition) is 2. The zero-order chi connectivity index (χ0) is 11.6. The summed E-state index contributed by atoms with van der Waals surface area (Å²) in [5.41, 5.74) is 0.361. The highest BCUT2D eigenvalue weighted by molar-refractivity contribution is 5.34. The van der Waals surface area contributed by atoms with Crippen LogP contribution < -0.4 is 0 Å². The van der Waals surface area contributed by atoms with Crippen LogP contribution in [0.3, 0.4) is 0 Å². The third-order valence-electron chi connectivity index (χ3n) is 2.90. The van der Waals surface area contributed by atoms with Gasteiger partial charge < -0.3 is 0 Å². The van der Waals surface area contributed by atoms with Crippen LogP contribution in [0.1, 0.15) is 37.6 Å². The molecule has 2 rings (SSSR count). The highest BCUT2D eigenvalue weighted by atomic mass is 19.1. The zero-order valence-electron chi connectivity index (χ0n) is 9.05. The Morgan fingerprint density at radius 1 is 1.44 bits per heavy atom. The van der Waals surface area contributed by atoms with Gasteiger partial charge in [0.2, 0.25) is 0 Å². The average Bonchev–Trinajstić information content (AvgIpc) is 2.25. The quantitative estimate of drug-likeness (QED) is 0.622. The van der Waals surface area contributed by atoms with Crippen LogP contribution in [0, 0.1) is 34.4 Å². The van der Waals surface area contributed by atoms with E-state index in [1.54, 1.807) is 6.07 Å². The molecule has 1 aromatic rings. The van der Waals surface area contributed by atoms with Gasteiger partial charge in [0.15, 0.2) is 11.5 Å². The Balaban J connectivity index is 2.25. The summed E-state index contributed by atoms with van der Waals surface area (Å²) in [5.74, 6) is 5.45. The van der Waals surface area contributed by atoms with Gasteiger partial charge in [0.1, 0.15) is 11.8 Å². The molecule has 0 radical (unpaired) electrons. The summed E-state index contributed by atoms with van der Waals surface area (Å²) in [4.78, 5) is 3.84. The first kappa shape index (κ1) is 10.6. The predicted molar refractivity (Wildman–Crippen MR) is 57.7 cm³/mol. The number of nitriles is 1. The monoisotopic (exact) mass is 214 g/mol. The normalized spacial score (nSPS) is 16.6. The summed E-state index contributed by atoms with van der Waals surface area (Å²) >= 11 is 0. The molecule has 1 aromatic heterocycles. The van der Waals surface area contributed by atoms with Crippen LogP contribution in [0.15, 0.2) is 12.1 Å². The van der Waals surface area contributed by atoms with Crippen LogP contribution in [-0.4, -0.2) is 4.98 Å². The molecule has 1 fully saturated rings. The van der Waals surface area contributed by atoms with Gasteiger partial charge in [0.25, 0.3) is 0 Å². The highest BCUT2D eigenvalue weighted by Gasteiger charge is 2.29. The molecule has 0 atom stereocenters. The molecule has 0 unspecified atom stereocenters. The van der Waals surface area contributed by atoms with Gasteiger partial charge in [-0.05, 0) is 37.8 Å². The van der Waals surface area contributed by atoms with Crippen molar-refractivity contribution >= 4 is 0 Å². The van der Waals surface area contributed by atoms with E-state index >= 15 is 0 Å². The molecule has 80 valence electrons. The number of aromatic nitrogens is 1. The number of nitrogens with zero attached hydrogens (tertiary/aromatic N) is 2. The number of rotatable bonds is 0. The summed E-state index contributed by atoms with van der Waals surface area (Å²) in [5, 5.41) is 8.63. The Morgan fingerprint density at radius 3 is 2.75 bits per heavy atom. The molecule has 1 saturated carbocycles. The minimum atomic E-state index is -0.595. The molecule has 0 aromatic carbocycles. The Kier molecular flexibility index (Phi) is 2.62. The van der Waals surface area contributed by atoms with E-state index in [1.807, 2.05) is 0 Å². The first-order valence-electron chi connectivity index (χ1n) is 5.23. The fraction of sp³-hybridized carbons (Fsp3) is 0.385. The fourth-order valence-corrected chi connectivity index (χ4v) is 1.64. The van der Waals surface area contributed by atoms with E-state index in [-0.39, 0.29) is 11.1 Å². The molecule has 0 bridgehead atoms. The second-order valence-corrected chi connectivity index (χ2v) is 4.30. The minimum absolute atomic E-state index is 0.0862. The number of hydrogen-bond donors (Lipinski definition) is 0. The molecular weight excluding hydrogens is 203 g/mol. The fourth-order valence-electron chi connectivity index (χ4n) is 1.64. The summed E-state index contributed by atoms with van der Waals surface area (Å²) in [6, 6.07) is 4.45. The van der Waals surface area contributed by atoms with Crippen molar-refractivity contribution in [3.63, 3.8) is 0 Å². The van der Waals surface area contributed by atoms with Gasteiger partial charge in [-0.15, -0.1) is 0 Å². The average molecular weight is 214 g/mol. The van der Waals surface area contributed by atoms with Crippen molar-refractivity contribution in [3.8, 4) is 17.9 Å². The Labute approximate surface area is 94.1 Å². The van der Waals surface area contributed by atoms with Crippen LogP contribution in [0.2, 0.25) is 0 Å². The molecule has 1 aliphatic rings. The van der Waals surface area contributed by atoms with E-state index in [0.717, 1.165) is 12.8 Å². The summed E-state index contributed by atoms with van der Waals surface area (Å²) in [7, 11) is 0. The van der Waals surface area contributed by atoms with Gasteiger partial charge in [0, 0.05) is 5.41 Å². The molecule has 1 aliphatic carbocycles. The van der Waals surface area contributed by atoms with E-state index in [9.17, 15) is 4.39 Å². The third kappa shape index (κ3) is 2.04. The zero-order valence-corrected chi connectivity index (χ0v) is 9.05. The van der Waals surface area contributed by atoms with Crippen molar-refractivity contribution < 1.29 is 4.39 Å². The summed E-state index contributed by atoms with van der Waals surface area (Å²) in [6.07, 6.45) is 3.42. The Hall–Kier alpha value is -1.87. The lowest BCUT2D eigenvalue weighted by molar-refractivity contribution is 0.248. The van der Waals surface area contributed by atoms with Crippen molar-refractivity contribution in [3.05, 3.63) is 29.3 Å². The number of halogens is 1. The van der Waals surface area contributed by atoms with Crippen molar-refractivity contribution in [1.82, 2.24) is 4.98 Å². The molecule has 0 spiro atoms. The van der Waals surface area contributed by atoms with E-state index in [0.29, 0.717) is 5.69 Å². The molecule has 0 amide bonds. The second-order valence-electron chi connectivity index (χ2n) is 4.30. The number of pyridine rings is 1. The Bertz CT molecular complexity index is 513. The van der Waals surface area contributed by atoms with Gasteiger partial charge >= 0.3 is 0 Å². The van der Waals surface area contributed by atoms with Crippen LogP contribution in [0.4, 0.5) is 4.39 Å². The van der Waals surface area contributed by atoms with Gasteiger partial charge in [0.05, 0.1) is 0 Å². The molecule has 16 heavy (non-hydrogen) atoms. The molecule has 0 N–H and O–H groups in total. The van der Waals surface area contributed by atoms with Crippen LogP contribution in [-0.2, 0) is 0 Å². The largest absolute Gasteiger partial charge is 0.226 e. The SMILES string of the molecule is CC1(C#Cc2ccc(F)c(C#N)n2)CCC1. The van der Waals surface area contributed by atoms with Crippen LogP contribution >= 0.6 is 0 Å². The maximum absolute atomic E-state index is 13.0. The lowest BCUT2D eigenvalue weighted by atomic mass is 9.71. The van der Waals surface area contributed by atoms with Gasteiger partial charge in [-0.25, -0.2) is 9.37 Å². The van der Waals surface area contributed by atoms with Gasteiger partial charge in [-0.1, -0.05) is 12.3 Å². The lowest BCUT2D eigenvalue weighted by Gasteiger charge is -2.32. The maximum Gasteiger partial charge on any atom is 0.177 e. The van der Waals surface area contributed by atoms with Gasteiger partial charge in [-0.3, -0.25) is 0 Å². The van der Waals surface area contributed by atoms with Crippen molar-refractivity contribution in [1.29, 1.82) is 5.26 Å². The van der Waals surface area contributed by atoms with Crippen LogP contribution in [0.25, 0.3) is 0 Å². The molecular formula is C13H11FN2. The second kappa shape index (κ2) is 3.94. The summed E-state index contributed by atoms with van der Waals surface area (Å²) in [6.45, 7) is 2.11. The first-order chi connectivity index (χ1) is 7.63. The minimum Gasteiger partial charge on any atom is -0.226 e. The highest BCUT2D eigenvalue weighted by Crippen LogP contribution is 2.39. The third-order valence-corrected chi connectivity index (χ3v) is 2.90. The first-order valence-corrected chi connectivity index (χ1v) is 5.23. The Morgan fingerprint density at radius 2 is 2.19 bits per heavy atom. The molecule has 0 aliphatic heterocycles. The molecule has 2 nitrogen and oxygen atoms in total. The van der Waals surface area contributed by atoms with Crippen molar-refractivity contribution in [2.75, 3.05) is 0 Å². The van der Waals surface area contributed by atoms with E-state index in [1.165, 1.54) is 18.6 Å². The molecule has 0 saturated heterocycles. The molecule has 1 heterocycles. The topological polar surface area (TPSA) is 36.7 Å². The van der Waals surface area contributed by atoms with Crippen LogP contribution in [0.5, 0.6) is 0 Å². The molecule has 3 heteroatoms. The summed E-state index contributed by atoms with van der Waals surface area (Å²) < 4.78 is 13.0. The smallest absolute Gasteiger partial charge is 0.177 e. The predicted octanol–water partition coefficient (Wildman–Crippen LogP) is 2.63. The standard InChI is InChI=1S/C13H11FN2/c1-13(6-2-7-13)8-5-10-3-4-11(14)12(9-15)16-10/h3-4H,2,6-7H2,1H3. The maximum atomic E-state index is 13.0. The van der Waals surface area contributed by atoms with E-state index in [4.69, 9.17) is 5.26 Å². The van der Waals surface area contributed by atoms with E-state index in [2.05, 4.69) is 23.7 Å². The van der Waals surface area contributed by atoms with E-state index < -0.39 is 5.82 Å². The van der Waals surface area contributed by atoms with Crippen molar-refractivity contribution in [2.24, 2.45) is 5.41 Å².